The molecule has 5 nitrogen and oxygen atoms in total. The fourth-order valence-electron chi connectivity index (χ4n) is 1.22. The van der Waals surface area contributed by atoms with Crippen molar-refractivity contribution in [1.29, 1.82) is 0 Å². The Morgan fingerprint density at radius 1 is 1.20 bits per heavy atom. The first-order valence-corrected chi connectivity index (χ1v) is 5.16. The number of nitrogens with one attached hydrogen (secondary N) is 2. The van der Waals surface area contributed by atoms with Crippen LogP contribution in [0.2, 0.25) is 0 Å². The maximum absolute atomic E-state index is 11.5. The molecule has 2 amide bonds. The summed E-state index contributed by atoms with van der Waals surface area (Å²) >= 11 is 0. The minimum Gasteiger partial charge on any atom is -0.357 e. The summed E-state index contributed by atoms with van der Waals surface area (Å²) in [6.07, 6.45) is 0.617. The van der Waals surface area contributed by atoms with Crippen LogP contribution in [0, 0.1) is 5.92 Å². The van der Waals surface area contributed by atoms with Crippen molar-refractivity contribution in [2.45, 2.75) is 39.3 Å². The van der Waals surface area contributed by atoms with Crippen molar-refractivity contribution in [2.24, 2.45) is 11.7 Å². The number of nitrogens with two attached hydrogens (primary N) is 1. The van der Waals surface area contributed by atoms with Crippen LogP contribution in [0.15, 0.2) is 0 Å². The van der Waals surface area contributed by atoms with Crippen molar-refractivity contribution in [3.8, 4) is 0 Å². The van der Waals surface area contributed by atoms with Crippen molar-refractivity contribution in [3.63, 3.8) is 0 Å². The minimum absolute atomic E-state index is 0.222. The molecule has 2 atom stereocenters. The number of likely N-dealkylation sites (N-methyl/N-ethyl adjacent to an activating group) is 1. The highest BCUT2D eigenvalue weighted by Gasteiger charge is 2.19. The van der Waals surface area contributed by atoms with Gasteiger partial charge in [0, 0.05) is 7.05 Å². The van der Waals surface area contributed by atoms with Crippen LogP contribution in [0.1, 0.15) is 27.2 Å². The fourth-order valence-corrected chi connectivity index (χ4v) is 1.22. The van der Waals surface area contributed by atoms with Gasteiger partial charge in [0.25, 0.3) is 0 Å². The first-order valence-electron chi connectivity index (χ1n) is 5.16. The van der Waals surface area contributed by atoms with Crippen LogP contribution < -0.4 is 16.4 Å². The van der Waals surface area contributed by atoms with Crippen LogP contribution in [0.5, 0.6) is 0 Å². The van der Waals surface area contributed by atoms with E-state index in [9.17, 15) is 9.59 Å². The smallest absolute Gasteiger partial charge is 0.242 e. The SMILES string of the molecule is CNC(=O)[C@H](C)NC(=O)[C@@H](N)CC(C)C. The van der Waals surface area contributed by atoms with E-state index in [1.54, 1.807) is 6.92 Å². The lowest BCUT2D eigenvalue weighted by molar-refractivity contribution is -0.129. The molecular weight excluding hydrogens is 194 g/mol. The van der Waals surface area contributed by atoms with Crippen molar-refractivity contribution < 1.29 is 9.59 Å². The molecule has 0 fully saturated rings. The molecule has 0 aromatic rings. The van der Waals surface area contributed by atoms with E-state index in [1.165, 1.54) is 7.05 Å². The molecule has 0 aromatic carbocycles. The molecule has 0 aliphatic carbocycles. The van der Waals surface area contributed by atoms with Gasteiger partial charge < -0.3 is 16.4 Å². The van der Waals surface area contributed by atoms with E-state index < -0.39 is 12.1 Å². The molecule has 4 N–H and O–H groups in total. The van der Waals surface area contributed by atoms with Gasteiger partial charge in [0.05, 0.1) is 6.04 Å². The highest BCUT2D eigenvalue weighted by Crippen LogP contribution is 2.02. The largest absolute Gasteiger partial charge is 0.357 e. The summed E-state index contributed by atoms with van der Waals surface area (Å²) in [7, 11) is 1.53. The molecule has 0 radical (unpaired) electrons. The summed E-state index contributed by atoms with van der Waals surface area (Å²) in [5, 5.41) is 5.02. The van der Waals surface area contributed by atoms with E-state index in [0.717, 1.165) is 0 Å². The van der Waals surface area contributed by atoms with Crippen LogP contribution in [0.4, 0.5) is 0 Å². The summed E-state index contributed by atoms with van der Waals surface area (Å²) in [6.45, 7) is 5.61. The van der Waals surface area contributed by atoms with Crippen LogP contribution in [-0.2, 0) is 9.59 Å². The average Bonchev–Trinajstić information content (AvgIpc) is 2.15. The third-order valence-electron chi connectivity index (χ3n) is 2.06. The predicted molar refractivity (Wildman–Crippen MR) is 59.1 cm³/mol. The molecule has 0 spiro atoms. The standard InChI is InChI=1S/C10H21N3O2/c1-6(2)5-8(11)10(15)13-7(3)9(14)12-4/h6-8H,5,11H2,1-4H3,(H,12,14)(H,13,15)/t7-,8-/m0/s1. The quantitative estimate of drug-likeness (QED) is 0.584. The maximum atomic E-state index is 11.5. The van der Waals surface area contributed by atoms with Crippen molar-refractivity contribution in [1.82, 2.24) is 10.6 Å². The average molecular weight is 215 g/mol. The Labute approximate surface area is 90.8 Å². The third-order valence-corrected chi connectivity index (χ3v) is 2.06. The van der Waals surface area contributed by atoms with E-state index in [0.29, 0.717) is 12.3 Å². The summed E-state index contributed by atoms with van der Waals surface area (Å²) in [5.41, 5.74) is 5.66. The van der Waals surface area contributed by atoms with Gasteiger partial charge in [0.1, 0.15) is 6.04 Å². The second-order valence-electron chi connectivity index (χ2n) is 4.08. The Balaban J connectivity index is 4.07. The summed E-state index contributed by atoms with van der Waals surface area (Å²) < 4.78 is 0. The number of hydrogen-bond acceptors (Lipinski definition) is 3. The van der Waals surface area contributed by atoms with Gasteiger partial charge in [-0.1, -0.05) is 13.8 Å². The molecule has 0 heterocycles. The number of hydrogen-bond donors (Lipinski definition) is 3. The lowest BCUT2D eigenvalue weighted by atomic mass is 10.0. The normalized spacial score (nSPS) is 14.5. The summed E-state index contributed by atoms with van der Waals surface area (Å²) in [5.74, 6) is -0.138. The Morgan fingerprint density at radius 2 is 1.73 bits per heavy atom. The van der Waals surface area contributed by atoms with E-state index in [-0.39, 0.29) is 11.8 Å². The predicted octanol–water partition coefficient (Wildman–Crippen LogP) is -0.389. The number of carbonyl (C=O) groups excluding carboxylic acids is 2. The Bertz CT molecular complexity index is 229. The van der Waals surface area contributed by atoms with Gasteiger partial charge in [-0.15, -0.1) is 0 Å². The fraction of sp³-hybridized carbons (Fsp3) is 0.800. The number of carbonyl (C=O) groups is 2. The van der Waals surface area contributed by atoms with E-state index in [1.807, 2.05) is 13.8 Å². The van der Waals surface area contributed by atoms with Gasteiger partial charge in [0.15, 0.2) is 0 Å². The molecule has 0 unspecified atom stereocenters. The van der Waals surface area contributed by atoms with E-state index >= 15 is 0 Å². The first-order chi connectivity index (χ1) is 6.88. The van der Waals surface area contributed by atoms with Gasteiger partial charge in [0.2, 0.25) is 11.8 Å². The summed E-state index contributed by atoms with van der Waals surface area (Å²) in [4.78, 5) is 22.6. The molecule has 0 aromatic heterocycles. The lowest BCUT2D eigenvalue weighted by Crippen LogP contribution is -2.49. The van der Waals surface area contributed by atoms with Crippen LogP contribution in [0.25, 0.3) is 0 Å². The van der Waals surface area contributed by atoms with Gasteiger partial charge >= 0.3 is 0 Å². The Hall–Kier alpha value is -1.10. The molecule has 0 aliphatic heterocycles. The minimum atomic E-state index is -0.544. The monoisotopic (exact) mass is 215 g/mol. The molecule has 0 bridgehead atoms. The van der Waals surface area contributed by atoms with Crippen molar-refractivity contribution in [3.05, 3.63) is 0 Å². The van der Waals surface area contributed by atoms with Crippen molar-refractivity contribution in [2.75, 3.05) is 7.05 Å². The third kappa shape index (κ3) is 5.37. The molecular formula is C10H21N3O2. The topological polar surface area (TPSA) is 84.2 Å². The van der Waals surface area contributed by atoms with Gasteiger partial charge in [-0.2, -0.15) is 0 Å². The molecule has 88 valence electrons. The first kappa shape index (κ1) is 13.9. The lowest BCUT2D eigenvalue weighted by Gasteiger charge is -2.17. The van der Waals surface area contributed by atoms with Crippen LogP contribution >= 0.6 is 0 Å². The maximum Gasteiger partial charge on any atom is 0.242 e. The zero-order valence-electron chi connectivity index (χ0n) is 9.83. The number of rotatable bonds is 5. The van der Waals surface area contributed by atoms with Gasteiger partial charge in [-0.25, -0.2) is 0 Å². The molecule has 0 saturated heterocycles. The molecule has 0 aliphatic rings. The zero-order chi connectivity index (χ0) is 12.0. The zero-order valence-corrected chi connectivity index (χ0v) is 9.83. The van der Waals surface area contributed by atoms with Gasteiger partial charge in [-0.05, 0) is 19.3 Å². The van der Waals surface area contributed by atoms with Crippen LogP contribution in [-0.4, -0.2) is 30.9 Å². The summed E-state index contributed by atoms with van der Waals surface area (Å²) in [6, 6.07) is -1.09. The van der Waals surface area contributed by atoms with Gasteiger partial charge in [-0.3, -0.25) is 9.59 Å². The Kier molecular flexibility index (Phi) is 5.93. The second-order valence-corrected chi connectivity index (χ2v) is 4.08. The molecule has 5 heteroatoms. The number of amides is 2. The van der Waals surface area contributed by atoms with E-state index in [4.69, 9.17) is 5.73 Å². The highest BCUT2D eigenvalue weighted by atomic mass is 16.2. The van der Waals surface area contributed by atoms with Crippen molar-refractivity contribution >= 4 is 11.8 Å². The van der Waals surface area contributed by atoms with E-state index in [2.05, 4.69) is 10.6 Å². The highest BCUT2D eigenvalue weighted by molar-refractivity contribution is 5.89. The molecule has 0 rings (SSSR count). The molecule has 15 heavy (non-hydrogen) atoms. The second kappa shape index (κ2) is 6.40. The van der Waals surface area contributed by atoms with Crippen LogP contribution in [0.3, 0.4) is 0 Å². The Morgan fingerprint density at radius 3 is 2.13 bits per heavy atom. The molecule has 0 saturated carbocycles.